The summed E-state index contributed by atoms with van der Waals surface area (Å²) in [7, 11) is 1.59. The summed E-state index contributed by atoms with van der Waals surface area (Å²) in [6, 6.07) is 16.0. The highest BCUT2D eigenvalue weighted by molar-refractivity contribution is 7.10. The van der Waals surface area contributed by atoms with E-state index in [2.05, 4.69) is 11.4 Å². The van der Waals surface area contributed by atoms with E-state index in [-0.39, 0.29) is 24.4 Å². The molecule has 4 rings (SSSR count). The molecule has 2 aromatic carbocycles. The highest BCUT2D eigenvalue weighted by atomic mass is 35.5. The molecule has 3 aromatic rings. The number of carbonyl (C=O) groups is 2. The highest BCUT2D eigenvalue weighted by Gasteiger charge is 2.33. The number of methoxy groups -OCH3 is 1. The molecule has 0 unspecified atom stereocenters. The Balaban J connectivity index is 1.50. The lowest BCUT2D eigenvalue weighted by molar-refractivity contribution is -0.135. The minimum Gasteiger partial charge on any atom is -0.497 e. The minimum absolute atomic E-state index is 0.0234. The minimum atomic E-state index is -0.215. The van der Waals surface area contributed by atoms with Crippen LogP contribution in [-0.4, -0.2) is 55.0 Å². The van der Waals surface area contributed by atoms with Crippen molar-refractivity contribution in [2.45, 2.75) is 25.8 Å². The van der Waals surface area contributed by atoms with Gasteiger partial charge in [-0.15, -0.1) is 11.3 Å². The van der Waals surface area contributed by atoms with Crippen LogP contribution in [0.25, 0.3) is 0 Å². The van der Waals surface area contributed by atoms with Crippen molar-refractivity contribution in [3.8, 4) is 11.5 Å². The van der Waals surface area contributed by atoms with Crippen LogP contribution in [0.5, 0.6) is 11.5 Å². The molecular weight excluding hydrogens is 484 g/mol. The molecule has 8 heteroatoms. The number of ether oxygens (including phenoxy) is 2. The van der Waals surface area contributed by atoms with Crippen LogP contribution in [0.3, 0.4) is 0 Å². The second kappa shape index (κ2) is 11.6. The van der Waals surface area contributed by atoms with Gasteiger partial charge in [0.1, 0.15) is 24.7 Å². The topological polar surface area (TPSA) is 59.1 Å². The summed E-state index contributed by atoms with van der Waals surface area (Å²) >= 11 is 7.70. The van der Waals surface area contributed by atoms with Crippen molar-refractivity contribution in [2.75, 3.05) is 33.4 Å². The molecule has 0 bridgehead atoms. The summed E-state index contributed by atoms with van der Waals surface area (Å²) in [5.41, 5.74) is 1.65. The van der Waals surface area contributed by atoms with E-state index in [1.165, 1.54) is 4.88 Å². The Morgan fingerprint density at radius 2 is 1.80 bits per heavy atom. The van der Waals surface area contributed by atoms with Crippen molar-refractivity contribution in [3.05, 3.63) is 81.0 Å². The third kappa shape index (κ3) is 5.97. The predicted octanol–water partition coefficient (Wildman–Crippen LogP) is 5.47. The van der Waals surface area contributed by atoms with Crippen LogP contribution in [0.1, 0.15) is 40.2 Å². The molecule has 0 saturated carbocycles. The van der Waals surface area contributed by atoms with Crippen molar-refractivity contribution in [1.82, 2.24) is 9.80 Å². The van der Waals surface area contributed by atoms with E-state index < -0.39 is 0 Å². The number of thiophene rings is 1. The van der Waals surface area contributed by atoms with E-state index in [4.69, 9.17) is 21.1 Å². The number of hydrogen-bond donors (Lipinski definition) is 0. The van der Waals surface area contributed by atoms with Crippen LogP contribution < -0.4 is 9.47 Å². The number of nitrogens with zero attached hydrogens (tertiary/aromatic N) is 2. The smallest absolute Gasteiger partial charge is 0.254 e. The Bertz CT molecular complexity index is 1150. The van der Waals surface area contributed by atoms with Gasteiger partial charge in [0.25, 0.3) is 5.91 Å². The number of rotatable bonds is 9. The number of fused-ring (bicyclic) bond motifs is 1. The second-order valence-electron chi connectivity index (χ2n) is 8.37. The summed E-state index contributed by atoms with van der Waals surface area (Å²) in [5, 5.41) is 2.70. The van der Waals surface area contributed by atoms with Gasteiger partial charge in [0.15, 0.2) is 0 Å². The fraction of sp³-hybridized carbons (Fsp3) is 0.333. The van der Waals surface area contributed by atoms with Gasteiger partial charge in [-0.3, -0.25) is 9.59 Å². The van der Waals surface area contributed by atoms with Gasteiger partial charge in [0.2, 0.25) is 5.91 Å². The lowest BCUT2D eigenvalue weighted by atomic mass is 10.0. The molecule has 0 spiro atoms. The summed E-state index contributed by atoms with van der Waals surface area (Å²) in [6.45, 7) is 3.45. The number of benzene rings is 2. The molecule has 2 amide bonds. The Kier molecular flexibility index (Phi) is 8.31. The van der Waals surface area contributed by atoms with Gasteiger partial charge < -0.3 is 19.3 Å². The summed E-state index contributed by atoms with van der Waals surface area (Å²) < 4.78 is 11.3. The Morgan fingerprint density at radius 1 is 1.09 bits per heavy atom. The standard InChI is InChI=1S/C27H29ClN2O4S/c1-3-14-29(27(32)19-4-8-21(33-2)9-5-19)17-26(31)30-15-12-25-23(13-16-35-25)24(30)18-34-22-10-6-20(28)7-11-22/h4-11,13,16,24H,3,12,14-15,17-18H2,1-2H3/t24-/m1/s1. The Morgan fingerprint density at radius 3 is 2.49 bits per heavy atom. The first-order valence-electron chi connectivity index (χ1n) is 11.7. The molecule has 35 heavy (non-hydrogen) atoms. The molecule has 1 aliphatic heterocycles. The molecule has 1 atom stereocenters. The average molecular weight is 513 g/mol. The van der Waals surface area contributed by atoms with E-state index >= 15 is 0 Å². The van der Waals surface area contributed by atoms with E-state index in [1.54, 1.807) is 59.7 Å². The molecule has 0 saturated heterocycles. The lowest BCUT2D eigenvalue weighted by Gasteiger charge is -2.37. The Labute approximate surface area is 215 Å². The van der Waals surface area contributed by atoms with E-state index in [1.807, 2.05) is 24.0 Å². The second-order valence-corrected chi connectivity index (χ2v) is 9.81. The highest BCUT2D eigenvalue weighted by Crippen LogP contribution is 2.34. The van der Waals surface area contributed by atoms with Gasteiger partial charge in [0.05, 0.1) is 13.2 Å². The van der Waals surface area contributed by atoms with Crippen LogP contribution in [0.4, 0.5) is 0 Å². The molecule has 0 N–H and O–H groups in total. The molecule has 0 radical (unpaired) electrons. The fourth-order valence-corrected chi connectivity index (χ4v) is 5.33. The number of amides is 2. The van der Waals surface area contributed by atoms with Gasteiger partial charge in [-0.25, -0.2) is 0 Å². The number of halogens is 1. The van der Waals surface area contributed by atoms with Crippen molar-refractivity contribution in [2.24, 2.45) is 0 Å². The molecule has 2 heterocycles. The summed E-state index contributed by atoms with van der Waals surface area (Å²) in [6.07, 6.45) is 1.56. The molecule has 6 nitrogen and oxygen atoms in total. The van der Waals surface area contributed by atoms with Gasteiger partial charge in [0, 0.05) is 28.6 Å². The third-order valence-electron chi connectivity index (χ3n) is 6.08. The molecule has 1 aliphatic rings. The van der Waals surface area contributed by atoms with Gasteiger partial charge in [-0.1, -0.05) is 18.5 Å². The van der Waals surface area contributed by atoms with Crippen molar-refractivity contribution in [1.29, 1.82) is 0 Å². The first-order valence-corrected chi connectivity index (χ1v) is 12.9. The zero-order chi connectivity index (χ0) is 24.8. The fourth-order valence-electron chi connectivity index (χ4n) is 4.27. The van der Waals surface area contributed by atoms with Crippen molar-refractivity contribution in [3.63, 3.8) is 0 Å². The summed E-state index contributed by atoms with van der Waals surface area (Å²) in [5.74, 6) is 1.14. The normalized spacial score (nSPS) is 14.8. The first kappa shape index (κ1) is 25.1. The maximum absolute atomic E-state index is 13.6. The van der Waals surface area contributed by atoms with Crippen molar-refractivity contribution >= 4 is 34.8 Å². The Hall–Kier alpha value is -3.03. The predicted molar refractivity (Wildman–Crippen MR) is 139 cm³/mol. The van der Waals surface area contributed by atoms with Crippen LogP contribution in [0, 0.1) is 0 Å². The van der Waals surface area contributed by atoms with Gasteiger partial charge >= 0.3 is 0 Å². The zero-order valence-corrected chi connectivity index (χ0v) is 21.5. The number of carbonyl (C=O) groups excluding carboxylic acids is 2. The maximum atomic E-state index is 13.6. The van der Waals surface area contributed by atoms with E-state index in [0.29, 0.717) is 41.8 Å². The van der Waals surface area contributed by atoms with Crippen molar-refractivity contribution < 1.29 is 19.1 Å². The van der Waals surface area contributed by atoms with Crippen LogP contribution in [0.15, 0.2) is 60.0 Å². The molecule has 0 aliphatic carbocycles. The van der Waals surface area contributed by atoms with E-state index in [9.17, 15) is 9.59 Å². The van der Waals surface area contributed by atoms with Gasteiger partial charge in [-0.05, 0) is 78.4 Å². The number of hydrogen-bond acceptors (Lipinski definition) is 5. The monoisotopic (exact) mass is 512 g/mol. The summed E-state index contributed by atoms with van der Waals surface area (Å²) in [4.78, 5) is 31.5. The lowest BCUT2D eigenvalue weighted by Crippen LogP contribution is -2.48. The van der Waals surface area contributed by atoms with Gasteiger partial charge in [-0.2, -0.15) is 0 Å². The van der Waals surface area contributed by atoms with E-state index in [0.717, 1.165) is 18.4 Å². The first-order chi connectivity index (χ1) is 17.0. The average Bonchev–Trinajstić information content (AvgIpc) is 3.37. The van der Waals surface area contributed by atoms with Crippen LogP contribution >= 0.6 is 22.9 Å². The molecule has 0 fully saturated rings. The molecule has 184 valence electrons. The molecular formula is C27H29ClN2O4S. The maximum Gasteiger partial charge on any atom is 0.254 e. The zero-order valence-electron chi connectivity index (χ0n) is 19.9. The SMILES string of the molecule is CCCN(CC(=O)N1CCc2sccc2[C@H]1COc1ccc(Cl)cc1)C(=O)c1ccc(OC)cc1. The quantitative estimate of drug-likeness (QED) is 0.381. The third-order valence-corrected chi connectivity index (χ3v) is 7.33. The molecule has 1 aromatic heterocycles. The van der Waals surface area contributed by atoms with Crippen LogP contribution in [-0.2, 0) is 11.2 Å². The van der Waals surface area contributed by atoms with Crippen LogP contribution in [0.2, 0.25) is 5.02 Å². The largest absolute Gasteiger partial charge is 0.497 e.